The lowest BCUT2D eigenvalue weighted by molar-refractivity contribution is 0.114. The Morgan fingerprint density at radius 1 is 1.12 bits per heavy atom. The van der Waals surface area contributed by atoms with Gasteiger partial charge in [-0.25, -0.2) is 4.98 Å². The number of aliphatic hydroxyl groups excluding tert-OH is 1. The lowest BCUT2D eigenvalue weighted by Crippen LogP contribution is -2.38. The number of thiophene rings is 1. The zero-order valence-corrected chi connectivity index (χ0v) is 19.3. The highest BCUT2D eigenvalue weighted by molar-refractivity contribution is 7.22. The Morgan fingerprint density at radius 2 is 1.91 bits per heavy atom. The van der Waals surface area contributed by atoms with Gasteiger partial charge in [-0.05, 0) is 56.1 Å². The Labute approximate surface area is 194 Å². The van der Waals surface area contributed by atoms with Crippen molar-refractivity contribution >= 4 is 38.8 Å². The molecule has 0 amide bonds. The SMILES string of the molecule is CN(C)[C@H]1CN(c2ccc(-n3ccc4cc(-c5ccc(Cl)cc5)sc4c3=O)cn2)C[C@@H]1O. The van der Waals surface area contributed by atoms with Crippen LogP contribution in [-0.4, -0.2) is 58.9 Å². The maximum atomic E-state index is 13.2. The minimum atomic E-state index is -0.412. The van der Waals surface area contributed by atoms with E-state index in [2.05, 4.69) is 9.88 Å². The number of benzene rings is 1. The number of fused-ring (bicyclic) bond motifs is 1. The van der Waals surface area contributed by atoms with Crippen LogP contribution in [-0.2, 0) is 0 Å². The molecule has 4 heterocycles. The van der Waals surface area contributed by atoms with E-state index in [0.717, 1.165) is 28.2 Å². The number of halogens is 1. The topological polar surface area (TPSA) is 61.6 Å². The highest BCUT2D eigenvalue weighted by atomic mass is 35.5. The number of pyridine rings is 2. The maximum absolute atomic E-state index is 13.2. The zero-order chi connectivity index (χ0) is 22.4. The Morgan fingerprint density at radius 3 is 2.56 bits per heavy atom. The van der Waals surface area contributed by atoms with Crippen molar-refractivity contribution in [3.63, 3.8) is 0 Å². The van der Waals surface area contributed by atoms with Crippen LogP contribution in [0.15, 0.2) is 65.7 Å². The normalized spacial score (nSPS) is 18.7. The molecule has 4 aromatic rings. The van der Waals surface area contributed by atoms with Gasteiger partial charge in [0.05, 0.1) is 24.0 Å². The van der Waals surface area contributed by atoms with Crippen molar-refractivity contribution in [1.82, 2.24) is 14.5 Å². The molecule has 6 nitrogen and oxygen atoms in total. The zero-order valence-electron chi connectivity index (χ0n) is 17.8. The van der Waals surface area contributed by atoms with E-state index in [4.69, 9.17) is 11.6 Å². The summed E-state index contributed by atoms with van der Waals surface area (Å²) in [5.41, 5.74) is 1.69. The lowest BCUT2D eigenvalue weighted by Gasteiger charge is -2.21. The average molecular weight is 467 g/mol. The summed E-state index contributed by atoms with van der Waals surface area (Å²) in [5.74, 6) is 0.799. The molecule has 1 N–H and O–H groups in total. The number of anilines is 1. The second kappa shape index (κ2) is 8.33. The third-order valence-electron chi connectivity index (χ3n) is 5.96. The van der Waals surface area contributed by atoms with Crippen LogP contribution in [0.3, 0.4) is 0 Å². The van der Waals surface area contributed by atoms with Gasteiger partial charge in [0.1, 0.15) is 10.5 Å². The van der Waals surface area contributed by atoms with Crippen LogP contribution >= 0.6 is 22.9 Å². The number of likely N-dealkylation sites (N-methyl/N-ethyl adjacent to an activating group) is 1. The van der Waals surface area contributed by atoms with Gasteiger partial charge in [0.25, 0.3) is 5.56 Å². The molecular formula is C24H23ClN4O2S. The summed E-state index contributed by atoms with van der Waals surface area (Å²) in [5, 5.41) is 11.9. The van der Waals surface area contributed by atoms with Crippen molar-refractivity contribution in [3.8, 4) is 16.1 Å². The molecule has 32 heavy (non-hydrogen) atoms. The van der Waals surface area contributed by atoms with Gasteiger partial charge in [-0.15, -0.1) is 11.3 Å². The van der Waals surface area contributed by atoms with Crippen LogP contribution in [0.2, 0.25) is 5.02 Å². The summed E-state index contributed by atoms with van der Waals surface area (Å²) in [4.78, 5) is 22.9. The van der Waals surface area contributed by atoms with Crippen LogP contribution in [0, 0.1) is 0 Å². The first-order chi connectivity index (χ1) is 15.4. The fraction of sp³-hybridized carbons (Fsp3) is 0.250. The number of aromatic nitrogens is 2. The monoisotopic (exact) mass is 466 g/mol. The summed E-state index contributed by atoms with van der Waals surface area (Å²) >= 11 is 7.48. The fourth-order valence-corrected chi connectivity index (χ4v) is 5.38. The summed E-state index contributed by atoms with van der Waals surface area (Å²) in [6.07, 6.45) is 3.10. The van der Waals surface area contributed by atoms with Crippen LogP contribution in [0.5, 0.6) is 0 Å². The molecule has 0 saturated carbocycles. The number of nitrogens with zero attached hydrogens (tertiary/aromatic N) is 4. The molecule has 0 unspecified atom stereocenters. The van der Waals surface area contributed by atoms with Gasteiger partial charge < -0.3 is 14.9 Å². The van der Waals surface area contributed by atoms with E-state index in [9.17, 15) is 9.90 Å². The second-order valence-corrected chi connectivity index (χ2v) is 9.76. The number of β-amino-alcohol motifs (C(OH)–C–C–N with tert-alkyl or cyclic N) is 1. The van der Waals surface area contributed by atoms with Crippen molar-refractivity contribution in [3.05, 3.63) is 76.3 Å². The van der Waals surface area contributed by atoms with E-state index in [1.165, 1.54) is 11.3 Å². The molecule has 164 valence electrons. The fourth-order valence-electron chi connectivity index (χ4n) is 4.16. The van der Waals surface area contributed by atoms with Crippen LogP contribution in [0.25, 0.3) is 26.2 Å². The molecule has 0 bridgehead atoms. The molecule has 5 rings (SSSR count). The molecule has 1 aliphatic heterocycles. The molecular weight excluding hydrogens is 444 g/mol. The Balaban J connectivity index is 1.44. The first-order valence-electron chi connectivity index (χ1n) is 10.4. The predicted octanol–water partition coefficient (Wildman–Crippen LogP) is 3.88. The number of aliphatic hydroxyl groups is 1. The molecule has 1 aromatic carbocycles. The van der Waals surface area contributed by atoms with Gasteiger partial charge in [0.15, 0.2) is 0 Å². The largest absolute Gasteiger partial charge is 0.390 e. The van der Waals surface area contributed by atoms with E-state index in [-0.39, 0.29) is 11.6 Å². The van der Waals surface area contributed by atoms with Crippen molar-refractivity contribution in [1.29, 1.82) is 0 Å². The number of rotatable bonds is 4. The molecule has 0 spiro atoms. The third kappa shape index (κ3) is 3.82. The molecule has 2 atom stereocenters. The first-order valence-corrected chi connectivity index (χ1v) is 11.6. The predicted molar refractivity (Wildman–Crippen MR) is 131 cm³/mol. The van der Waals surface area contributed by atoms with Crippen molar-refractivity contribution in [2.45, 2.75) is 12.1 Å². The van der Waals surface area contributed by atoms with Crippen molar-refractivity contribution in [2.75, 3.05) is 32.1 Å². The van der Waals surface area contributed by atoms with Gasteiger partial charge in [-0.1, -0.05) is 23.7 Å². The quantitative estimate of drug-likeness (QED) is 0.494. The van der Waals surface area contributed by atoms with Gasteiger partial charge in [-0.2, -0.15) is 0 Å². The van der Waals surface area contributed by atoms with Crippen LogP contribution in [0.4, 0.5) is 5.82 Å². The Kier molecular flexibility index (Phi) is 5.51. The minimum absolute atomic E-state index is 0.0634. The van der Waals surface area contributed by atoms with Gasteiger partial charge in [0.2, 0.25) is 0 Å². The summed E-state index contributed by atoms with van der Waals surface area (Å²) in [6, 6.07) is 15.5. The van der Waals surface area contributed by atoms with E-state index in [1.807, 2.05) is 67.5 Å². The van der Waals surface area contributed by atoms with Crippen molar-refractivity contribution in [2.24, 2.45) is 0 Å². The number of hydrogen-bond acceptors (Lipinski definition) is 6. The molecule has 0 aliphatic carbocycles. The van der Waals surface area contributed by atoms with Crippen molar-refractivity contribution < 1.29 is 5.11 Å². The van der Waals surface area contributed by atoms with Crippen LogP contribution < -0.4 is 10.5 Å². The van der Waals surface area contributed by atoms with Crippen LogP contribution in [0.1, 0.15) is 0 Å². The lowest BCUT2D eigenvalue weighted by atomic mass is 10.2. The Hall–Kier alpha value is -2.71. The van der Waals surface area contributed by atoms with E-state index in [1.54, 1.807) is 17.0 Å². The van der Waals surface area contributed by atoms with E-state index < -0.39 is 6.10 Å². The molecule has 3 aromatic heterocycles. The molecule has 1 aliphatic rings. The molecule has 8 heteroatoms. The average Bonchev–Trinajstić information content (AvgIpc) is 3.39. The van der Waals surface area contributed by atoms with Gasteiger partial charge in [-0.3, -0.25) is 9.36 Å². The minimum Gasteiger partial charge on any atom is -0.390 e. The number of hydrogen-bond donors (Lipinski definition) is 1. The molecule has 0 radical (unpaired) electrons. The summed E-state index contributed by atoms with van der Waals surface area (Å²) < 4.78 is 2.33. The molecule has 1 saturated heterocycles. The molecule has 1 fully saturated rings. The Bertz CT molecular complexity index is 1310. The third-order valence-corrected chi connectivity index (χ3v) is 7.40. The second-order valence-electron chi connectivity index (χ2n) is 8.27. The highest BCUT2D eigenvalue weighted by Crippen LogP contribution is 2.32. The maximum Gasteiger partial charge on any atom is 0.273 e. The van der Waals surface area contributed by atoms with Gasteiger partial charge in [0, 0.05) is 34.6 Å². The van der Waals surface area contributed by atoms with E-state index in [0.29, 0.717) is 22.0 Å². The van der Waals surface area contributed by atoms with E-state index >= 15 is 0 Å². The summed E-state index contributed by atoms with van der Waals surface area (Å²) in [6.45, 7) is 1.26. The van der Waals surface area contributed by atoms with Gasteiger partial charge >= 0.3 is 0 Å². The summed E-state index contributed by atoms with van der Waals surface area (Å²) in [7, 11) is 3.94. The smallest absolute Gasteiger partial charge is 0.273 e. The highest BCUT2D eigenvalue weighted by Gasteiger charge is 2.33. The standard InChI is InChI=1S/C24H23ClN4O2S/c1-27(2)19-13-28(14-20(19)30)22-8-7-18(12-26-22)29-10-9-16-11-21(32-23(16)24(29)31)15-3-5-17(25)6-4-15/h3-12,19-20,30H,13-14H2,1-2H3/t19-,20-/m0/s1. The first kappa shape index (κ1) is 21.2.